The van der Waals surface area contributed by atoms with Crippen LogP contribution in [0.5, 0.6) is 0 Å². The molecule has 0 amide bonds. The van der Waals surface area contributed by atoms with E-state index >= 15 is 0 Å². The predicted molar refractivity (Wildman–Crippen MR) is 69.2 cm³/mol. The summed E-state index contributed by atoms with van der Waals surface area (Å²) in [5, 5.41) is 0. The highest BCUT2D eigenvalue weighted by atomic mass is 14.4. The molecule has 0 aromatic carbocycles. The first-order valence-electron chi connectivity index (χ1n) is 7.29. The second-order valence-corrected chi connectivity index (χ2v) is 5.93. The molecule has 2 atom stereocenters. The summed E-state index contributed by atoms with van der Waals surface area (Å²) in [7, 11) is 0. The minimum Gasteiger partial charge on any atom is -0.0802 e. The fraction of sp³-hybridized carbons (Fsp3) is 0.750. The Balaban J connectivity index is 1.77. The van der Waals surface area contributed by atoms with Crippen LogP contribution < -0.4 is 0 Å². The van der Waals surface area contributed by atoms with E-state index in [2.05, 4.69) is 19.1 Å². The molecule has 0 heteroatoms. The Bertz CT molecular complexity index is 315. The summed E-state index contributed by atoms with van der Waals surface area (Å²) >= 11 is 0. The van der Waals surface area contributed by atoms with Crippen LogP contribution in [0, 0.1) is 17.8 Å². The first-order chi connectivity index (χ1) is 7.90. The third-order valence-electron chi connectivity index (χ3n) is 5.14. The molecule has 0 radical (unpaired) electrons. The molecular weight excluding hydrogens is 192 g/mol. The van der Waals surface area contributed by atoms with E-state index in [1.807, 2.05) is 5.57 Å². The maximum absolute atomic E-state index is 2.44. The van der Waals surface area contributed by atoms with Crippen molar-refractivity contribution in [1.82, 2.24) is 0 Å². The van der Waals surface area contributed by atoms with Crippen LogP contribution in [0.1, 0.15) is 58.3 Å². The lowest BCUT2D eigenvalue weighted by atomic mass is 9.76. The van der Waals surface area contributed by atoms with Gasteiger partial charge in [-0.15, -0.1) is 0 Å². The first-order valence-corrected chi connectivity index (χ1v) is 7.29. The van der Waals surface area contributed by atoms with Gasteiger partial charge in [0.2, 0.25) is 0 Å². The second kappa shape index (κ2) is 4.39. The zero-order valence-corrected chi connectivity index (χ0v) is 10.5. The molecule has 3 aliphatic carbocycles. The zero-order chi connectivity index (χ0) is 11.0. The van der Waals surface area contributed by atoms with Crippen molar-refractivity contribution in [2.75, 3.05) is 0 Å². The lowest BCUT2D eigenvalue weighted by Gasteiger charge is -2.29. The summed E-state index contributed by atoms with van der Waals surface area (Å²) in [6.45, 7) is 2.37. The smallest absolute Gasteiger partial charge is 0.0127 e. The molecule has 0 spiro atoms. The van der Waals surface area contributed by atoms with E-state index in [1.54, 1.807) is 5.57 Å². The Morgan fingerprint density at radius 3 is 2.75 bits per heavy atom. The first kappa shape index (κ1) is 10.6. The van der Waals surface area contributed by atoms with Gasteiger partial charge in [0.15, 0.2) is 0 Å². The average molecular weight is 216 g/mol. The third kappa shape index (κ3) is 1.67. The molecule has 1 fully saturated rings. The minimum atomic E-state index is 0.903. The topological polar surface area (TPSA) is 0 Å². The summed E-state index contributed by atoms with van der Waals surface area (Å²) in [4.78, 5) is 0. The van der Waals surface area contributed by atoms with E-state index in [0.29, 0.717) is 0 Å². The molecule has 0 saturated heterocycles. The van der Waals surface area contributed by atoms with E-state index < -0.39 is 0 Å². The summed E-state index contributed by atoms with van der Waals surface area (Å²) < 4.78 is 0. The molecule has 0 aromatic heterocycles. The molecule has 2 unspecified atom stereocenters. The lowest BCUT2D eigenvalue weighted by molar-refractivity contribution is 0.260. The van der Waals surface area contributed by atoms with Crippen molar-refractivity contribution >= 4 is 0 Å². The van der Waals surface area contributed by atoms with Crippen LogP contribution in [0.2, 0.25) is 0 Å². The molecule has 0 nitrogen and oxygen atoms in total. The third-order valence-corrected chi connectivity index (χ3v) is 5.14. The Labute approximate surface area is 99.8 Å². The summed E-state index contributed by atoms with van der Waals surface area (Å²) in [6, 6.07) is 0. The van der Waals surface area contributed by atoms with Crippen molar-refractivity contribution in [1.29, 1.82) is 0 Å². The van der Waals surface area contributed by atoms with Crippen molar-refractivity contribution in [3.63, 3.8) is 0 Å². The molecule has 0 N–H and O–H groups in total. The Hall–Kier alpha value is -0.520. The van der Waals surface area contributed by atoms with Gasteiger partial charge in [-0.1, -0.05) is 43.9 Å². The highest BCUT2D eigenvalue weighted by molar-refractivity contribution is 5.41. The van der Waals surface area contributed by atoms with Gasteiger partial charge in [-0.3, -0.25) is 0 Å². The van der Waals surface area contributed by atoms with Crippen molar-refractivity contribution in [2.45, 2.75) is 58.3 Å². The van der Waals surface area contributed by atoms with E-state index in [4.69, 9.17) is 0 Å². The van der Waals surface area contributed by atoms with Crippen molar-refractivity contribution < 1.29 is 0 Å². The fourth-order valence-corrected chi connectivity index (χ4v) is 4.28. The number of rotatable bonds is 2. The molecule has 3 rings (SSSR count). The molecule has 0 heterocycles. The summed E-state index contributed by atoms with van der Waals surface area (Å²) in [5.74, 6) is 2.91. The highest BCUT2D eigenvalue weighted by Crippen LogP contribution is 2.49. The van der Waals surface area contributed by atoms with Crippen molar-refractivity contribution in [2.24, 2.45) is 17.8 Å². The number of hydrogen-bond acceptors (Lipinski definition) is 0. The van der Waals surface area contributed by atoms with Gasteiger partial charge in [0.1, 0.15) is 0 Å². The molecule has 1 saturated carbocycles. The van der Waals surface area contributed by atoms with Gasteiger partial charge in [0, 0.05) is 0 Å². The maximum Gasteiger partial charge on any atom is -0.0127 e. The van der Waals surface area contributed by atoms with Crippen LogP contribution in [-0.4, -0.2) is 0 Å². The largest absolute Gasteiger partial charge is 0.0802 e. The zero-order valence-electron chi connectivity index (χ0n) is 10.5. The van der Waals surface area contributed by atoms with Crippen LogP contribution in [0.4, 0.5) is 0 Å². The average Bonchev–Trinajstić information content (AvgIpc) is 2.91. The normalized spacial score (nSPS) is 34.8. The standard InChI is InChI=1S/C16H24/c1-2-12-11-16(13-7-4-3-5-8-13)15-10-6-9-14(12)15/h6,9,12-13,16H,2-5,7-8,10-11H2,1H3. The predicted octanol–water partition coefficient (Wildman–Crippen LogP) is 4.87. The molecule has 0 bridgehead atoms. The Kier molecular flexibility index (Phi) is 2.91. The Morgan fingerprint density at radius 2 is 2.00 bits per heavy atom. The summed E-state index contributed by atoms with van der Waals surface area (Å²) in [5.41, 5.74) is 3.59. The van der Waals surface area contributed by atoms with Gasteiger partial charge in [0.05, 0.1) is 0 Å². The van der Waals surface area contributed by atoms with Crippen LogP contribution in [0.3, 0.4) is 0 Å². The SMILES string of the molecule is CCC1CC(C2CCCCC2)C2=C1C=CC2. The molecule has 16 heavy (non-hydrogen) atoms. The van der Waals surface area contributed by atoms with Crippen LogP contribution in [-0.2, 0) is 0 Å². The van der Waals surface area contributed by atoms with Crippen LogP contribution in [0.15, 0.2) is 23.3 Å². The monoisotopic (exact) mass is 216 g/mol. The molecule has 3 aliphatic rings. The van der Waals surface area contributed by atoms with Crippen LogP contribution in [0.25, 0.3) is 0 Å². The van der Waals surface area contributed by atoms with Gasteiger partial charge in [-0.2, -0.15) is 0 Å². The molecular formula is C16H24. The van der Waals surface area contributed by atoms with E-state index in [-0.39, 0.29) is 0 Å². The Morgan fingerprint density at radius 1 is 1.19 bits per heavy atom. The van der Waals surface area contributed by atoms with E-state index in [9.17, 15) is 0 Å². The minimum absolute atomic E-state index is 0.903. The van der Waals surface area contributed by atoms with E-state index in [1.165, 1.54) is 51.4 Å². The van der Waals surface area contributed by atoms with E-state index in [0.717, 1.165) is 17.8 Å². The van der Waals surface area contributed by atoms with Crippen LogP contribution >= 0.6 is 0 Å². The fourth-order valence-electron chi connectivity index (χ4n) is 4.28. The maximum atomic E-state index is 2.44. The second-order valence-electron chi connectivity index (χ2n) is 5.93. The van der Waals surface area contributed by atoms with Crippen molar-refractivity contribution in [3.05, 3.63) is 23.3 Å². The highest BCUT2D eigenvalue weighted by Gasteiger charge is 2.37. The van der Waals surface area contributed by atoms with Gasteiger partial charge in [-0.05, 0) is 55.4 Å². The number of hydrogen-bond donors (Lipinski definition) is 0. The summed E-state index contributed by atoms with van der Waals surface area (Å²) in [6.07, 6.45) is 16.5. The molecule has 88 valence electrons. The van der Waals surface area contributed by atoms with Gasteiger partial charge in [0.25, 0.3) is 0 Å². The van der Waals surface area contributed by atoms with Crippen molar-refractivity contribution in [3.8, 4) is 0 Å². The lowest BCUT2D eigenvalue weighted by Crippen LogP contribution is -2.18. The van der Waals surface area contributed by atoms with Gasteiger partial charge >= 0.3 is 0 Å². The quantitative estimate of drug-likeness (QED) is 0.618. The molecule has 0 aromatic rings. The van der Waals surface area contributed by atoms with Gasteiger partial charge < -0.3 is 0 Å². The number of allylic oxidation sites excluding steroid dienone is 4. The van der Waals surface area contributed by atoms with Gasteiger partial charge in [-0.25, -0.2) is 0 Å². The molecule has 0 aliphatic heterocycles.